The van der Waals surface area contributed by atoms with E-state index in [4.69, 9.17) is 0 Å². The van der Waals surface area contributed by atoms with E-state index in [1.165, 1.54) is 10.5 Å². The fourth-order valence-corrected chi connectivity index (χ4v) is 4.85. The number of aromatic hydroxyl groups is 1. The second kappa shape index (κ2) is 8.73. The number of piperazine rings is 1. The molecule has 1 fully saturated rings. The van der Waals surface area contributed by atoms with Crippen molar-refractivity contribution in [1.82, 2.24) is 9.47 Å². The van der Waals surface area contributed by atoms with E-state index in [2.05, 4.69) is 12.1 Å². The highest BCUT2D eigenvalue weighted by atomic mass is 35.5. The lowest BCUT2D eigenvalue weighted by atomic mass is 9.99. The van der Waals surface area contributed by atoms with Gasteiger partial charge in [0.2, 0.25) is 0 Å². The number of aryl methyl sites for hydroxylation is 2. The Hall–Kier alpha value is -2.83. The minimum Gasteiger partial charge on any atom is -1.00 e. The van der Waals surface area contributed by atoms with Crippen molar-refractivity contribution < 1.29 is 27.2 Å². The van der Waals surface area contributed by atoms with Crippen LogP contribution in [0.3, 0.4) is 0 Å². The average molecular weight is 440 g/mol. The van der Waals surface area contributed by atoms with E-state index < -0.39 is 0 Å². The monoisotopic (exact) mass is 439 g/mol. The quantitative estimate of drug-likeness (QED) is 0.506. The number of amides is 1. The topological polar surface area (TPSA) is 67.0 Å². The smallest absolute Gasteiger partial charge is 0.267 e. The summed E-state index contributed by atoms with van der Waals surface area (Å²) in [5.74, 6) is -0.517. The molecular formula is C24H26ClN3O3. The zero-order chi connectivity index (χ0) is 20.7. The van der Waals surface area contributed by atoms with Gasteiger partial charge >= 0.3 is 0 Å². The van der Waals surface area contributed by atoms with Crippen molar-refractivity contribution in [2.24, 2.45) is 0 Å². The minimum atomic E-state index is -0.365. The number of quaternary nitrogens is 1. The molecular weight excluding hydrogens is 414 g/mol. The van der Waals surface area contributed by atoms with Gasteiger partial charge in [-0.25, -0.2) is 0 Å². The van der Waals surface area contributed by atoms with Gasteiger partial charge in [0.15, 0.2) is 0 Å². The number of benzene rings is 2. The zero-order valence-electron chi connectivity index (χ0n) is 17.3. The number of rotatable bonds is 3. The molecule has 0 bridgehead atoms. The van der Waals surface area contributed by atoms with Gasteiger partial charge in [-0.3, -0.25) is 9.59 Å². The van der Waals surface area contributed by atoms with Crippen LogP contribution in [-0.2, 0) is 19.5 Å². The number of halogens is 1. The summed E-state index contributed by atoms with van der Waals surface area (Å²) >= 11 is 0. The first-order chi connectivity index (χ1) is 14.6. The molecule has 0 aliphatic carbocycles. The number of nitrogens with one attached hydrogen (secondary N) is 1. The van der Waals surface area contributed by atoms with Gasteiger partial charge in [-0.05, 0) is 24.5 Å². The molecule has 6 nitrogen and oxygen atoms in total. The molecule has 0 spiro atoms. The summed E-state index contributed by atoms with van der Waals surface area (Å²) in [4.78, 5) is 29.6. The molecule has 3 heterocycles. The Morgan fingerprint density at radius 1 is 1.00 bits per heavy atom. The van der Waals surface area contributed by atoms with Gasteiger partial charge in [-0.15, -0.1) is 0 Å². The van der Waals surface area contributed by atoms with Crippen molar-refractivity contribution in [1.29, 1.82) is 0 Å². The first kappa shape index (κ1) is 21.4. The van der Waals surface area contributed by atoms with E-state index in [0.717, 1.165) is 43.6 Å². The molecule has 2 aliphatic rings. The predicted octanol–water partition coefficient (Wildman–Crippen LogP) is -1.80. The number of aromatic nitrogens is 1. The van der Waals surface area contributed by atoms with Gasteiger partial charge in [-0.1, -0.05) is 42.5 Å². The van der Waals surface area contributed by atoms with Crippen LogP contribution < -0.4 is 22.9 Å². The third-order valence-corrected chi connectivity index (χ3v) is 6.44. The van der Waals surface area contributed by atoms with Crippen LogP contribution in [0.4, 0.5) is 0 Å². The number of nitrogens with zero attached hydrogens (tertiary/aromatic N) is 2. The highest BCUT2D eigenvalue weighted by molar-refractivity contribution is 6.03. The molecule has 162 valence electrons. The number of pyridine rings is 1. The minimum absolute atomic E-state index is 0. The molecule has 2 aliphatic heterocycles. The van der Waals surface area contributed by atoms with Gasteiger partial charge in [0.1, 0.15) is 17.9 Å². The van der Waals surface area contributed by atoms with Crippen LogP contribution in [0.2, 0.25) is 0 Å². The maximum absolute atomic E-state index is 13.3. The summed E-state index contributed by atoms with van der Waals surface area (Å²) in [5, 5.41) is 11.5. The van der Waals surface area contributed by atoms with Gasteiger partial charge in [0.05, 0.1) is 31.7 Å². The van der Waals surface area contributed by atoms with Crippen molar-refractivity contribution in [2.75, 3.05) is 26.2 Å². The van der Waals surface area contributed by atoms with Crippen molar-refractivity contribution in [2.45, 2.75) is 25.9 Å². The normalized spacial score (nSPS) is 16.2. The number of carbonyl (C=O) groups is 1. The predicted molar refractivity (Wildman–Crippen MR) is 115 cm³/mol. The van der Waals surface area contributed by atoms with E-state index in [0.29, 0.717) is 25.0 Å². The number of carbonyl (C=O) groups excluding carboxylic acids is 1. The van der Waals surface area contributed by atoms with Gasteiger partial charge < -0.3 is 31.9 Å². The van der Waals surface area contributed by atoms with E-state index in [9.17, 15) is 14.7 Å². The molecule has 0 atom stereocenters. The first-order valence-electron chi connectivity index (χ1n) is 10.7. The summed E-state index contributed by atoms with van der Waals surface area (Å²) < 4.78 is 1.68. The molecule has 5 rings (SSSR count). The fourth-order valence-electron chi connectivity index (χ4n) is 4.85. The van der Waals surface area contributed by atoms with Crippen molar-refractivity contribution in [3.05, 3.63) is 75.6 Å². The second-order valence-electron chi connectivity index (χ2n) is 8.30. The molecule has 2 aromatic carbocycles. The molecule has 7 heteroatoms. The van der Waals surface area contributed by atoms with Crippen LogP contribution in [-0.4, -0.2) is 46.7 Å². The summed E-state index contributed by atoms with van der Waals surface area (Å²) in [5.41, 5.74) is 2.68. The van der Waals surface area contributed by atoms with E-state index in [1.54, 1.807) is 15.5 Å². The zero-order valence-corrected chi connectivity index (χ0v) is 18.1. The lowest BCUT2D eigenvalue weighted by Gasteiger charge is -2.32. The van der Waals surface area contributed by atoms with Gasteiger partial charge in [0, 0.05) is 17.5 Å². The van der Waals surface area contributed by atoms with E-state index >= 15 is 0 Å². The van der Waals surface area contributed by atoms with E-state index in [-0.39, 0.29) is 35.2 Å². The van der Waals surface area contributed by atoms with Crippen LogP contribution in [0.15, 0.2) is 53.3 Å². The van der Waals surface area contributed by atoms with Crippen LogP contribution in [0.5, 0.6) is 5.75 Å². The van der Waals surface area contributed by atoms with Crippen LogP contribution in [0, 0.1) is 0 Å². The molecule has 31 heavy (non-hydrogen) atoms. The molecule has 1 saturated heterocycles. The third-order valence-electron chi connectivity index (χ3n) is 6.44. The molecule has 3 aromatic rings. The van der Waals surface area contributed by atoms with Crippen LogP contribution in [0.25, 0.3) is 10.9 Å². The molecule has 0 unspecified atom stereocenters. The largest absolute Gasteiger partial charge is 1.00 e. The second-order valence-corrected chi connectivity index (χ2v) is 8.30. The van der Waals surface area contributed by atoms with Gasteiger partial charge in [0.25, 0.3) is 11.5 Å². The SMILES string of the molecule is O=C(c1c(O)c2cccc3c2n(c1=O)CCC3)N1CC[NH+](Cc2ccccc2)CC1.[Cl-]. The highest BCUT2D eigenvalue weighted by Crippen LogP contribution is 2.32. The number of hydrogen-bond donors (Lipinski definition) is 2. The summed E-state index contributed by atoms with van der Waals surface area (Å²) in [6, 6.07) is 16.0. The Balaban J connectivity index is 0.00000231. The van der Waals surface area contributed by atoms with E-state index in [1.807, 2.05) is 30.3 Å². The fraction of sp³-hybridized carbons (Fsp3) is 0.333. The van der Waals surface area contributed by atoms with Crippen molar-refractivity contribution in [3.63, 3.8) is 0 Å². The maximum Gasteiger partial charge on any atom is 0.267 e. The Labute approximate surface area is 187 Å². The third kappa shape index (κ3) is 3.82. The average Bonchev–Trinajstić information content (AvgIpc) is 2.78. The standard InChI is InChI=1S/C24H25N3O3.ClH/c28-22-19-10-4-8-18-9-5-11-27(21(18)19)24(30)20(22)23(29)26-14-12-25(13-15-26)16-17-6-2-1-3-7-17;/h1-4,6-8,10,28H,5,9,11-16H2;1H. The summed E-state index contributed by atoms with van der Waals surface area (Å²) in [7, 11) is 0. The Morgan fingerprint density at radius 3 is 2.48 bits per heavy atom. The lowest BCUT2D eigenvalue weighted by Crippen LogP contribution is -3.13. The Kier molecular flexibility index (Phi) is 6.03. The van der Waals surface area contributed by atoms with Crippen LogP contribution in [0.1, 0.15) is 27.9 Å². The number of para-hydroxylation sites is 1. The molecule has 1 amide bonds. The van der Waals surface area contributed by atoms with Crippen molar-refractivity contribution >= 4 is 16.8 Å². The molecule has 2 N–H and O–H groups in total. The maximum atomic E-state index is 13.3. The van der Waals surface area contributed by atoms with Gasteiger partial charge in [-0.2, -0.15) is 0 Å². The van der Waals surface area contributed by atoms with Crippen molar-refractivity contribution in [3.8, 4) is 5.75 Å². The number of hydrogen-bond acceptors (Lipinski definition) is 3. The first-order valence-corrected chi connectivity index (χ1v) is 10.7. The van der Waals surface area contributed by atoms with Crippen LogP contribution >= 0.6 is 0 Å². The Morgan fingerprint density at radius 2 is 1.74 bits per heavy atom. The molecule has 1 aromatic heterocycles. The molecule has 0 saturated carbocycles. The Bertz CT molecular complexity index is 1170. The lowest BCUT2D eigenvalue weighted by molar-refractivity contribution is -0.917. The summed E-state index contributed by atoms with van der Waals surface area (Å²) in [6.07, 6.45) is 1.75. The molecule has 0 radical (unpaired) electrons. The highest BCUT2D eigenvalue weighted by Gasteiger charge is 2.31. The summed E-state index contributed by atoms with van der Waals surface area (Å²) in [6.45, 7) is 4.33.